The summed E-state index contributed by atoms with van der Waals surface area (Å²) in [6.07, 6.45) is 4.93. The number of aromatic nitrogens is 6. The average molecular weight is 341 g/mol. The second-order valence-electron chi connectivity index (χ2n) is 5.27. The zero-order chi connectivity index (χ0) is 16.7. The summed E-state index contributed by atoms with van der Waals surface area (Å²) in [4.78, 5) is 8.55. The lowest BCUT2D eigenvalue weighted by Crippen LogP contribution is -2.00. The summed E-state index contributed by atoms with van der Waals surface area (Å²) in [6.45, 7) is 0. The number of hydrogen-bond acceptors (Lipinski definition) is 6. The Bertz CT molecular complexity index is 1040. The van der Waals surface area contributed by atoms with Gasteiger partial charge in [0.25, 0.3) is 0 Å². The maximum atomic E-state index is 6.42. The van der Waals surface area contributed by atoms with Crippen LogP contribution in [-0.2, 0) is 7.05 Å². The fourth-order valence-corrected chi connectivity index (χ4v) is 2.66. The molecule has 4 N–H and O–H groups in total. The molecule has 0 saturated heterocycles. The number of nitrogen functional groups attached to an aromatic ring is 1. The molecule has 0 unspecified atom stereocenters. The lowest BCUT2D eigenvalue weighted by atomic mass is 10.2. The van der Waals surface area contributed by atoms with Gasteiger partial charge in [0.15, 0.2) is 5.82 Å². The number of fused-ring (bicyclic) bond motifs is 1. The Kier molecular flexibility index (Phi) is 3.31. The van der Waals surface area contributed by atoms with E-state index >= 15 is 0 Å². The number of nitrogens with two attached hydrogens (primary N) is 1. The highest BCUT2D eigenvalue weighted by molar-refractivity contribution is 6.38. The third kappa shape index (κ3) is 2.42. The van der Waals surface area contributed by atoms with Crippen molar-refractivity contribution in [3.63, 3.8) is 0 Å². The van der Waals surface area contributed by atoms with E-state index in [0.717, 1.165) is 22.2 Å². The molecule has 120 valence electrons. The molecule has 0 atom stereocenters. The van der Waals surface area contributed by atoms with E-state index in [2.05, 4.69) is 30.6 Å². The summed E-state index contributed by atoms with van der Waals surface area (Å²) >= 11 is 6.42. The highest BCUT2D eigenvalue weighted by Gasteiger charge is 2.13. The summed E-state index contributed by atoms with van der Waals surface area (Å²) in [6, 6.07) is 5.53. The summed E-state index contributed by atoms with van der Waals surface area (Å²) in [5.74, 6) is 1.08. The van der Waals surface area contributed by atoms with Gasteiger partial charge < -0.3 is 11.1 Å². The second kappa shape index (κ2) is 5.50. The van der Waals surface area contributed by atoms with Crippen molar-refractivity contribution in [3.8, 4) is 11.4 Å². The quantitative estimate of drug-likeness (QED) is 0.529. The highest BCUT2D eigenvalue weighted by atomic mass is 35.5. The molecule has 0 fully saturated rings. The predicted octanol–water partition coefficient (Wildman–Crippen LogP) is 2.73. The fourth-order valence-electron chi connectivity index (χ4n) is 2.40. The second-order valence-corrected chi connectivity index (χ2v) is 5.65. The van der Waals surface area contributed by atoms with Gasteiger partial charge in [-0.25, -0.2) is 4.68 Å². The maximum Gasteiger partial charge on any atom is 0.225 e. The van der Waals surface area contributed by atoms with E-state index in [-0.39, 0.29) is 0 Å². The van der Waals surface area contributed by atoms with Crippen molar-refractivity contribution in [2.45, 2.75) is 0 Å². The van der Waals surface area contributed by atoms with Gasteiger partial charge in [-0.1, -0.05) is 11.6 Å². The molecule has 0 radical (unpaired) electrons. The summed E-state index contributed by atoms with van der Waals surface area (Å²) in [5, 5.41) is 15.9. The number of anilines is 3. The number of nitrogens with zero attached hydrogens (tertiary/aromatic N) is 5. The van der Waals surface area contributed by atoms with Gasteiger partial charge in [-0.05, 0) is 18.2 Å². The lowest BCUT2D eigenvalue weighted by molar-refractivity contribution is 0.778. The van der Waals surface area contributed by atoms with Crippen LogP contribution in [0.3, 0.4) is 0 Å². The van der Waals surface area contributed by atoms with Crippen molar-refractivity contribution in [3.05, 3.63) is 41.8 Å². The molecule has 0 saturated carbocycles. The Morgan fingerprint density at radius 2 is 2.12 bits per heavy atom. The number of aromatic amines is 1. The van der Waals surface area contributed by atoms with Gasteiger partial charge >= 0.3 is 0 Å². The molecule has 0 aliphatic carbocycles. The number of benzene rings is 1. The van der Waals surface area contributed by atoms with Crippen LogP contribution in [0.5, 0.6) is 0 Å². The smallest absolute Gasteiger partial charge is 0.225 e. The lowest BCUT2D eigenvalue weighted by Gasteiger charge is -2.07. The normalized spacial score (nSPS) is 11.1. The van der Waals surface area contributed by atoms with Gasteiger partial charge in [0.1, 0.15) is 0 Å². The van der Waals surface area contributed by atoms with Crippen molar-refractivity contribution in [1.82, 2.24) is 29.9 Å². The van der Waals surface area contributed by atoms with Crippen LogP contribution in [-0.4, -0.2) is 29.9 Å². The topological polar surface area (TPSA) is 110 Å². The average Bonchev–Trinajstić information content (AvgIpc) is 3.18. The first-order valence-electron chi connectivity index (χ1n) is 7.12. The third-order valence-corrected chi connectivity index (χ3v) is 3.99. The zero-order valence-corrected chi connectivity index (χ0v) is 13.4. The SMILES string of the molecule is Cn1nc(-c2cncc(N)c2)nc1Nc1ccc2[nH]ncc2c1Cl. The minimum Gasteiger partial charge on any atom is -0.397 e. The molecule has 24 heavy (non-hydrogen) atoms. The van der Waals surface area contributed by atoms with E-state index in [4.69, 9.17) is 17.3 Å². The van der Waals surface area contributed by atoms with Crippen LogP contribution in [0.15, 0.2) is 36.8 Å². The first-order chi connectivity index (χ1) is 11.6. The summed E-state index contributed by atoms with van der Waals surface area (Å²) in [5.41, 5.74) is 8.65. The third-order valence-electron chi connectivity index (χ3n) is 3.59. The molecule has 3 heterocycles. The Balaban J connectivity index is 1.70. The molecular weight excluding hydrogens is 328 g/mol. The van der Waals surface area contributed by atoms with Crippen LogP contribution in [0.2, 0.25) is 5.02 Å². The predicted molar refractivity (Wildman–Crippen MR) is 93.0 cm³/mol. The van der Waals surface area contributed by atoms with Gasteiger partial charge in [0.05, 0.1) is 28.1 Å². The first kappa shape index (κ1) is 14.5. The number of H-pyrrole nitrogens is 1. The molecule has 8 nitrogen and oxygen atoms in total. The number of pyridine rings is 1. The maximum absolute atomic E-state index is 6.42. The highest BCUT2D eigenvalue weighted by Crippen LogP contribution is 2.31. The van der Waals surface area contributed by atoms with Gasteiger partial charge in [-0.2, -0.15) is 10.1 Å². The van der Waals surface area contributed by atoms with Crippen molar-refractivity contribution >= 4 is 39.8 Å². The molecule has 4 rings (SSSR count). The van der Waals surface area contributed by atoms with Gasteiger partial charge in [0.2, 0.25) is 5.95 Å². The minimum atomic E-state index is 0.528. The standard InChI is InChI=1S/C15H13ClN8/c1-24-15(21-14(23-24)8-4-9(17)6-18-5-8)20-12-3-2-11-10(13(12)16)7-19-22-11/h2-7H,17H2,1H3,(H,19,22)(H,20,21,23). The van der Waals surface area contributed by atoms with Crippen molar-refractivity contribution in [2.24, 2.45) is 7.05 Å². The molecule has 1 aromatic carbocycles. The minimum absolute atomic E-state index is 0.528. The van der Waals surface area contributed by atoms with E-state index < -0.39 is 0 Å². The number of nitrogens with one attached hydrogen (secondary N) is 2. The Hall–Kier alpha value is -3.13. The van der Waals surface area contributed by atoms with Crippen molar-refractivity contribution < 1.29 is 0 Å². The Morgan fingerprint density at radius 3 is 2.96 bits per heavy atom. The van der Waals surface area contributed by atoms with Crippen LogP contribution in [0, 0.1) is 0 Å². The van der Waals surface area contributed by atoms with Crippen LogP contribution >= 0.6 is 11.6 Å². The molecule has 0 aliphatic heterocycles. The van der Waals surface area contributed by atoms with E-state index in [1.165, 1.54) is 0 Å². The molecule has 0 bridgehead atoms. The van der Waals surface area contributed by atoms with Crippen LogP contribution in [0.1, 0.15) is 0 Å². The van der Waals surface area contributed by atoms with Crippen LogP contribution in [0.25, 0.3) is 22.3 Å². The largest absolute Gasteiger partial charge is 0.397 e. The summed E-state index contributed by atoms with van der Waals surface area (Å²) < 4.78 is 1.63. The van der Waals surface area contributed by atoms with Crippen LogP contribution < -0.4 is 11.1 Å². The Labute approximate surface area is 141 Å². The van der Waals surface area contributed by atoms with Gasteiger partial charge in [-0.15, -0.1) is 5.10 Å². The van der Waals surface area contributed by atoms with Crippen LogP contribution in [0.4, 0.5) is 17.3 Å². The Morgan fingerprint density at radius 1 is 1.25 bits per heavy atom. The number of hydrogen-bond donors (Lipinski definition) is 3. The zero-order valence-electron chi connectivity index (χ0n) is 12.7. The molecule has 0 aliphatic rings. The van der Waals surface area contributed by atoms with E-state index in [9.17, 15) is 0 Å². The van der Waals surface area contributed by atoms with E-state index in [1.807, 2.05) is 12.1 Å². The number of rotatable bonds is 3. The molecule has 3 aromatic heterocycles. The molecule has 9 heteroatoms. The molecule has 0 amide bonds. The van der Waals surface area contributed by atoms with E-state index in [0.29, 0.717) is 22.5 Å². The molecule has 4 aromatic rings. The van der Waals surface area contributed by atoms with Crippen molar-refractivity contribution in [2.75, 3.05) is 11.1 Å². The fraction of sp³-hybridized carbons (Fsp3) is 0.0667. The van der Waals surface area contributed by atoms with E-state index in [1.54, 1.807) is 36.4 Å². The summed E-state index contributed by atoms with van der Waals surface area (Å²) in [7, 11) is 1.79. The first-order valence-corrected chi connectivity index (χ1v) is 7.50. The van der Waals surface area contributed by atoms with Crippen molar-refractivity contribution in [1.29, 1.82) is 0 Å². The number of halogens is 1. The monoisotopic (exact) mass is 340 g/mol. The van der Waals surface area contributed by atoms with Gasteiger partial charge in [-0.3, -0.25) is 10.1 Å². The molecule has 0 spiro atoms. The number of aryl methyl sites for hydroxylation is 1. The van der Waals surface area contributed by atoms with Gasteiger partial charge in [0, 0.05) is 30.4 Å². The molecular formula is C15H13ClN8.